The van der Waals surface area contributed by atoms with Gasteiger partial charge in [-0.05, 0) is 31.4 Å². The lowest BCUT2D eigenvalue weighted by molar-refractivity contribution is 0.665. The number of rotatable bonds is 3. The van der Waals surface area contributed by atoms with Gasteiger partial charge in [0.1, 0.15) is 0 Å². The molecule has 0 aliphatic heterocycles. The number of pyridine rings is 1. The number of hydrogen-bond donors (Lipinski definition) is 1. The summed E-state index contributed by atoms with van der Waals surface area (Å²) in [4.78, 5) is 4.02. The molecule has 0 aliphatic carbocycles. The lowest BCUT2D eigenvalue weighted by atomic mass is 10.1. The summed E-state index contributed by atoms with van der Waals surface area (Å²) in [6.07, 6.45) is 5.74. The van der Waals surface area contributed by atoms with Crippen LogP contribution < -0.4 is 5.73 Å². The van der Waals surface area contributed by atoms with Crippen molar-refractivity contribution in [2.24, 2.45) is 5.73 Å². The van der Waals surface area contributed by atoms with Crippen molar-refractivity contribution >= 4 is 0 Å². The molecule has 0 fully saturated rings. The smallest absolute Gasteiger partial charge is 0.0299 e. The van der Waals surface area contributed by atoms with Crippen molar-refractivity contribution in [3.8, 4) is 0 Å². The molecule has 0 aromatic carbocycles. The van der Waals surface area contributed by atoms with Gasteiger partial charge in [-0.1, -0.05) is 6.07 Å². The molecule has 0 saturated heterocycles. The Bertz CT molecular complexity index is 194. The number of nitrogens with zero attached hydrogens (tertiary/aromatic N) is 1. The minimum absolute atomic E-state index is 0.287. The van der Waals surface area contributed by atoms with Gasteiger partial charge in [-0.15, -0.1) is 0 Å². The molecule has 0 spiro atoms. The molecule has 2 N–H and O–H groups in total. The third-order valence-corrected chi connectivity index (χ3v) is 1.61. The molecule has 0 bridgehead atoms. The Labute approximate surface area is 67.5 Å². The molecule has 0 amide bonds. The highest BCUT2D eigenvalue weighted by Gasteiger charge is 1.95. The van der Waals surface area contributed by atoms with E-state index in [9.17, 15) is 0 Å². The van der Waals surface area contributed by atoms with E-state index in [1.165, 1.54) is 5.56 Å². The molecule has 2 nitrogen and oxygen atoms in total. The van der Waals surface area contributed by atoms with Gasteiger partial charge < -0.3 is 5.73 Å². The van der Waals surface area contributed by atoms with E-state index in [0.29, 0.717) is 0 Å². The van der Waals surface area contributed by atoms with E-state index in [1.54, 1.807) is 6.20 Å². The highest BCUT2D eigenvalue weighted by atomic mass is 14.6. The van der Waals surface area contributed by atoms with Crippen LogP contribution in [0.4, 0.5) is 0 Å². The first kappa shape index (κ1) is 8.21. The van der Waals surface area contributed by atoms with E-state index in [0.717, 1.165) is 12.8 Å². The fourth-order valence-electron chi connectivity index (χ4n) is 0.940. The predicted molar refractivity (Wildman–Crippen MR) is 46.2 cm³/mol. The Hall–Kier alpha value is -0.890. The molecular formula is C9H14N2. The Balaban J connectivity index is 2.39. The molecule has 1 heterocycles. The van der Waals surface area contributed by atoms with Crippen LogP contribution in [0.5, 0.6) is 0 Å². The zero-order valence-corrected chi connectivity index (χ0v) is 6.83. The van der Waals surface area contributed by atoms with Gasteiger partial charge in [0.25, 0.3) is 0 Å². The van der Waals surface area contributed by atoms with E-state index in [2.05, 4.69) is 11.1 Å². The van der Waals surface area contributed by atoms with Crippen LogP contribution in [0, 0.1) is 0 Å². The second kappa shape index (κ2) is 4.09. The molecule has 0 radical (unpaired) electrons. The maximum absolute atomic E-state index is 5.62. The Morgan fingerprint density at radius 1 is 1.64 bits per heavy atom. The number of aromatic nitrogens is 1. The zero-order valence-electron chi connectivity index (χ0n) is 6.83. The lowest BCUT2D eigenvalue weighted by Crippen LogP contribution is -2.15. The molecule has 60 valence electrons. The van der Waals surface area contributed by atoms with Gasteiger partial charge in [0.2, 0.25) is 0 Å². The van der Waals surface area contributed by atoms with Gasteiger partial charge >= 0.3 is 0 Å². The van der Waals surface area contributed by atoms with Crippen LogP contribution in [0.25, 0.3) is 0 Å². The van der Waals surface area contributed by atoms with Gasteiger partial charge in [-0.3, -0.25) is 4.98 Å². The van der Waals surface area contributed by atoms with Crippen LogP contribution >= 0.6 is 0 Å². The highest BCUT2D eigenvalue weighted by molar-refractivity contribution is 5.08. The molecule has 11 heavy (non-hydrogen) atoms. The van der Waals surface area contributed by atoms with E-state index >= 15 is 0 Å². The normalized spacial score (nSPS) is 12.9. The van der Waals surface area contributed by atoms with Crippen LogP contribution in [0.3, 0.4) is 0 Å². The summed E-state index contributed by atoms with van der Waals surface area (Å²) in [6.45, 7) is 2.02. The first-order valence-corrected chi connectivity index (χ1v) is 3.93. The minimum Gasteiger partial charge on any atom is -0.328 e. The monoisotopic (exact) mass is 150 g/mol. The SMILES string of the molecule is C[C@@H](N)CCc1cccnc1. The molecule has 0 saturated carbocycles. The first-order valence-electron chi connectivity index (χ1n) is 3.93. The second-order valence-electron chi connectivity index (χ2n) is 2.88. The molecule has 1 aromatic heterocycles. The van der Waals surface area contributed by atoms with Crippen LogP contribution in [0.1, 0.15) is 18.9 Å². The maximum Gasteiger partial charge on any atom is 0.0299 e. The van der Waals surface area contributed by atoms with Crippen LogP contribution in [0.15, 0.2) is 24.5 Å². The molecular weight excluding hydrogens is 136 g/mol. The molecule has 0 aliphatic rings. The topological polar surface area (TPSA) is 38.9 Å². The van der Waals surface area contributed by atoms with Crippen LogP contribution in [-0.4, -0.2) is 11.0 Å². The van der Waals surface area contributed by atoms with Crippen molar-refractivity contribution in [2.45, 2.75) is 25.8 Å². The summed E-state index contributed by atoms with van der Waals surface area (Å²) in [5, 5.41) is 0. The third kappa shape index (κ3) is 3.14. The van der Waals surface area contributed by atoms with Crippen molar-refractivity contribution in [3.05, 3.63) is 30.1 Å². The van der Waals surface area contributed by atoms with Crippen molar-refractivity contribution in [3.63, 3.8) is 0 Å². The molecule has 1 aromatic rings. The maximum atomic E-state index is 5.62. The summed E-state index contributed by atoms with van der Waals surface area (Å²) in [6, 6.07) is 4.32. The van der Waals surface area contributed by atoms with E-state index in [1.807, 2.05) is 19.2 Å². The number of nitrogens with two attached hydrogens (primary N) is 1. The predicted octanol–water partition coefficient (Wildman–Crippen LogP) is 1.36. The van der Waals surface area contributed by atoms with Gasteiger partial charge in [-0.2, -0.15) is 0 Å². The first-order chi connectivity index (χ1) is 5.29. The van der Waals surface area contributed by atoms with Crippen molar-refractivity contribution in [1.29, 1.82) is 0 Å². The zero-order chi connectivity index (χ0) is 8.10. The highest BCUT2D eigenvalue weighted by Crippen LogP contribution is 2.01. The summed E-state index contributed by atoms with van der Waals surface area (Å²) in [5.74, 6) is 0. The Kier molecular flexibility index (Phi) is 3.05. The summed E-state index contributed by atoms with van der Waals surface area (Å²) >= 11 is 0. The van der Waals surface area contributed by atoms with E-state index < -0.39 is 0 Å². The third-order valence-electron chi connectivity index (χ3n) is 1.61. The summed E-state index contributed by atoms with van der Waals surface area (Å²) < 4.78 is 0. The molecule has 2 heteroatoms. The van der Waals surface area contributed by atoms with Gasteiger partial charge in [-0.25, -0.2) is 0 Å². The Morgan fingerprint density at radius 3 is 3.00 bits per heavy atom. The average molecular weight is 150 g/mol. The van der Waals surface area contributed by atoms with Gasteiger partial charge in [0.15, 0.2) is 0 Å². The van der Waals surface area contributed by atoms with Gasteiger partial charge in [0, 0.05) is 18.4 Å². The molecule has 1 rings (SSSR count). The van der Waals surface area contributed by atoms with Crippen molar-refractivity contribution in [1.82, 2.24) is 4.98 Å². The average Bonchev–Trinajstić information content (AvgIpc) is 2.03. The largest absolute Gasteiger partial charge is 0.328 e. The molecule has 0 unspecified atom stereocenters. The van der Waals surface area contributed by atoms with Crippen molar-refractivity contribution in [2.75, 3.05) is 0 Å². The summed E-state index contributed by atoms with van der Waals surface area (Å²) in [5.41, 5.74) is 6.89. The van der Waals surface area contributed by atoms with Crippen LogP contribution in [-0.2, 0) is 6.42 Å². The van der Waals surface area contributed by atoms with Crippen molar-refractivity contribution < 1.29 is 0 Å². The minimum atomic E-state index is 0.287. The lowest BCUT2D eigenvalue weighted by Gasteiger charge is -2.03. The fraction of sp³-hybridized carbons (Fsp3) is 0.444. The standard InChI is InChI=1S/C9H14N2/c1-8(10)4-5-9-3-2-6-11-7-9/h2-3,6-8H,4-5,10H2,1H3/t8-/m1/s1. The van der Waals surface area contributed by atoms with E-state index in [4.69, 9.17) is 5.73 Å². The quantitative estimate of drug-likeness (QED) is 0.706. The van der Waals surface area contributed by atoms with Gasteiger partial charge in [0.05, 0.1) is 0 Å². The number of hydrogen-bond acceptors (Lipinski definition) is 2. The Morgan fingerprint density at radius 2 is 2.45 bits per heavy atom. The molecule has 1 atom stereocenters. The summed E-state index contributed by atoms with van der Waals surface area (Å²) in [7, 11) is 0. The van der Waals surface area contributed by atoms with E-state index in [-0.39, 0.29) is 6.04 Å². The fourth-order valence-corrected chi connectivity index (χ4v) is 0.940. The number of aryl methyl sites for hydroxylation is 1. The van der Waals surface area contributed by atoms with Crippen LogP contribution in [0.2, 0.25) is 0 Å². The second-order valence-corrected chi connectivity index (χ2v) is 2.88.